The van der Waals surface area contributed by atoms with Crippen LogP contribution in [0.15, 0.2) is 69.8 Å². The fourth-order valence-electron chi connectivity index (χ4n) is 5.23. The maximum absolute atomic E-state index is 13.8. The van der Waals surface area contributed by atoms with Gasteiger partial charge in [0.2, 0.25) is 14.9 Å². The van der Waals surface area contributed by atoms with Crippen LogP contribution >= 0.6 is 0 Å². The molecule has 4 heterocycles. The van der Waals surface area contributed by atoms with Crippen molar-refractivity contribution in [2.45, 2.75) is 54.1 Å². The van der Waals surface area contributed by atoms with Crippen molar-refractivity contribution in [1.82, 2.24) is 34.3 Å². The van der Waals surface area contributed by atoms with Crippen molar-refractivity contribution in [1.29, 1.82) is 5.26 Å². The zero-order valence-electron chi connectivity index (χ0n) is 21.7. The third-order valence-electron chi connectivity index (χ3n) is 7.69. The fraction of sp³-hybridized carbons (Fsp3) is 0.269. The van der Waals surface area contributed by atoms with Gasteiger partial charge in [0.1, 0.15) is 11.9 Å². The van der Waals surface area contributed by atoms with Gasteiger partial charge in [-0.25, -0.2) is 31.5 Å². The number of nitriles is 1. The summed E-state index contributed by atoms with van der Waals surface area (Å²) in [6.07, 6.45) is 3.28. The molecule has 1 aliphatic rings. The molecule has 0 bridgehead atoms. The first-order valence-corrected chi connectivity index (χ1v) is 15.3. The van der Waals surface area contributed by atoms with Crippen LogP contribution in [0, 0.1) is 23.7 Å². The average molecular weight is 577 g/mol. The molecule has 14 heteroatoms. The standard InChI is InChI=1S/C26H24N8O4S2/c1-15-6-4-5-7-19(15)39(35,36)25-24-32-31-23(34(24)18-10-11-28-22(18)30-25)17-12-20(26(17,2)3)33-40(37,38)21-9-8-16(13-27)14-29-21/h4-11,14,17,20,28,33H,12H2,1-3H3/t17-,20-/m1/s1. The first kappa shape index (κ1) is 26.1. The Kier molecular flexibility index (Phi) is 5.81. The summed E-state index contributed by atoms with van der Waals surface area (Å²) in [7, 11) is -7.98. The lowest BCUT2D eigenvalue weighted by molar-refractivity contribution is 0.0796. The number of pyridine rings is 1. The Balaban J connectivity index is 1.39. The molecule has 6 rings (SSSR count). The third-order valence-corrected chi connectivity index (χ3v) is 10.9. The van der Waals surface area contributed by atoms with E-state index in [1.165, 1.54) is 24.4 Å². The van der Waals surface area contributed by atoms with Crippen LogP contribution in [-0.2, 0) is 19.9 Å². The van der Waals surface area contributed by atoms with Gasteiger partial charge in [0.15, 0.2) is 16.3 Å². The molecule has 5 aromatic rings. The zero-order valence-corrected chi connectivity index (χ0v) is 23.3. The molecule has 0 aliphatic heterocycles. The van der Waals surface area contributed by atoms with E-state index in [1.54, 1.807) is 41.8 Å². The van der Waals surface area contributed by atoms with Crippen molar-refractivity contribution in [2.24, 2.45) is 5.41 Å². The van der Waals surface area contributed by atoms with Gasteiger partial charge in [-0.2, -0.15) is 5.26 Å². The molecule has 0 radical (unpaired) electrons. The summed E-state index contributed by atoms with van der Waals surface area (Å²) in [4.78, 5) is 11.5. The van der Waals surface area contributed by atoms with Crippen LogP contribution in [0.1, 0.15) is 43.1 Å². The first-order valence-electron chi connectivity index (χ1n) is 12.4. The van der Waals surface area contributed by atoms with Crippen LogP contribution < -0.4 is 4.72 Å². The fourth-order valence-corrected chi connectivity index (χ4v) is 8.11. The number of rotatable bonds is 6. The van der Waals surface area contributed by atoms with Crippen molar-refractivity contribution in [3.63, 3.8) is 0 Å². The normalized spacial score (nSPS) is 18.9. The van der Waals surface area contributed by atoms with Crippen molar-refractivity contribution >= 4 is 36.7 Å². The Morgan fingerprint density at radius 3 is 2.55 bits per heavy atom. The summed E-state index contributed by atoms with van der Waals surface area (Å²) in [6.45, 7) is 5.56. The van der Waals surface area contributed by atoms with Crippen LogP contribution in [-0.4, -0.2) is 52.4 Å². The molecule has 0 spiro atoms. The van der Waals surface area contributed by atoms with E-state index in [0.717, 1.165) is 0 Å². The Labute approximate surface area is 230 Å². The molecule has 4 aromatic heterocycles. The number of aromatic nitrogens is 6. The first-order chi connectivity index (χ1) is 18.9. The molecule has 2 N–H and O–H groups in total. The quantitative estimate of drug-likeness (QED) is 0.308. The molecule has 12 nitrogen and oxygen atoms in total. The highest BCUT2D eigenvalue weighted by Gasteiger charge is 2.52. The van der Waals surface area contributed by atoms with E-state index in [2.05, 4.69) is 29.9 Å². The van der Waals surface area contributed by atoms with Gasteiger partial charge in [-0.3, -0.25) is 4.40 Å². The topological polar surface area (TPSA) is 176 Å². The minimum absolute atomic E-state index is 0.104. The number of hydrogen-bond acceptors (Lipinski definition) is 9. The summed E-state index contributed by atoms with van der Waals surface area (Å²) in [6, 6.07) is 12.6. The SMILES string of the molecule is Cc1ccccc1S(=O)(=O)c1nc2[nH]ccc2n2c([C@H]3C[C@@H](NS(=O)(=O)c4ccc(C#N)cn4)C3(C)C)nnc12. The second kappa shape index (κ2) is 8.91. The van der Waals surface area contributed by atoms with Crippen LogP contribution in [0.3, 0.4) is 0 Å². The number of hydrogen-bond donors (Lipinski definition) is 2. The number of sulfonamides is 1. The summed E-state index contributed by atoms with van der Waals surface area (Å²) in [5, 5.41) is 17.3. The number of nitrogens with one attached hydrogen (secondary N) is 2. The number of aromatic amines is 1. The Morgan fingerprint density at radius 1 is 1.10 bits per heavy atom. The van der Waals surface area contributed by atoms with Crippen LogP contribution in [0.4, 0.5) is 0 Å². The predicted octanol–water partition coefficient (Wildman–Crippen LogP) is 2.87. The highest BCUT2D eigenvalue weighted by atomic mass is 32.2. The second-order valence-corrected chi connectivity index (χ2v) is 13.9. The number of nitrogens with zero attached hydrogens (tertiary/aromatic N) is 6. The molecule has 1 aromatic carbocycles. The van der Waals surface area contributed by atoms with Gasteiger partial charge in [0, 0.05) is 24.4 Å². The van der Waals surface area contributed by atoms with Gasteiger partial charge in [0.05, 0.1) is 16.0 Å². The van der Waals surface area contributed by atoms with Gasteiger partial charge >= 0.3 is 0 Å². The van der Waals surface area contributed by atoms with Gasteiger partial charge in [-0.05, 0) is 48.6 Å². The van der Waals surface area contributed by atoms with Crippen LogP contribution in [0.25, 0.3) is 16.8 Å². The number of H-pyrrole nitrogens is 1. The summed E-state index contributed by atoms with van der Waals surface area (Å²) in [5.41, 5.74) is 1.31. The minimum atomic E-state index is -4.04. The van der Waals surface area contributed by atoms with E-state index < -0.39 is 31.3 Å². The van der Waals surface area contributed by atoms with E-state index in [-0.39, 0.29) is 32.1 Å². The lowest BCUT2D eigenvalue weighted by Crippen LogP contribution is -2.57. The highest BCUT2D eigenvalue weighted by Crippen LogP contribution is 2.52. The lowest BCUT2D eigenvalue weighted by atomic mass is 9.58. The van der Waals surface area contributed by atoms with E-state index in [1.807, 2.05) is 19.9 Å². The molecule has 204 valence electrons. The minimum Gasteiger partial charge on any atom is -0.345 e. The Bertz CT molecular complexity index is 2060. The number of benzene rings is 1. The smallest absolute Gasteiger partial charge is 0.258 e. The van der Waals surface area contributed by atoms with Crippen molar-refractivity contribution in [2.75, 3.05) is 0 Å². The Hall–Kier alpha value is -4.19. The molecule has 1 aliphatic carbocycles. The largest absolute Gasteiger partial charge is 0.345 e. The third kappa shape index (κ3) is 3.88. The summed E-state index contributed by atoms with van der Waals surface area (Å²) >= 11 is 0. The van der Waals surface area contributed by atoms with Crippen molar-refractivity contribution < 1.29 is 16.8 Å². The van der Waals surface area contributed by atoms with Crippen LogP contribution in [0.5, 0.6) is 0 Å². The van der Waals surface area contributed by atoms with Crippen LogP contribution in [0.2, 0.25) is 0 Å². The van der Waals surface area contributed by atoms with E-state index >= 15 is 0 Å². The van der Waals surface area contributed by atoms with Gasteiger partial charge in [0.25, 0.3) is 10.0 Å². The average Bonchev–Trinajstić information content (AvgIpc) is 3.57. The molecule has 40 heavy (non-hydrogen) atoms. The molecule has 0 amide bonds. The molecular weight excluding hydrogens is 552 g/mol. The monoisotopic (exact) mass is 576 g/mol. The maximum Gasteiger partial charge on any atom is 0.258 e. The van der Waals surface area contributed by atoms with Gasteiger partial charge < -0.3 is 4.98 Å². The van der Waals surface area contributed by atoms with E-state index in [0.29, 0.717) is 29.0 Å². The van der Waals surface area contributed by atoms with Crippen molar-refractivity contribution in [3.8, 4) is 6.07 Å². The molecular formula is C26H24N8O4S2. The van der Waals surface area contributed by atoms with Gasteiger partial charge in [-0.15, -0.1) is 10.2 Å². The van der Waals surface area contributed by atoms with E-state index in [9.17, 15) is 16.8 Å². The molecule has 0 unspecified atom stereocenters. The van der Waals surface area contributed by atoms with Crippen molar-refractivity contribution in [3.05, 3.63) is 71.8 Å². The number of sulfone groups is 1. The highest BCUT2D eigenvalue weighted by molar-refractivity contribution is 7.91. The molecule has 2 atom stereocenters. The lowest BCUT2D eigenvalue weighted by Gasteiger charge is -2.51. The molecule has 1 saturated carbocycles. The maximum atomic E-state index is 13.8. The number of fused-ring (bicyclic) bond motifs is 3. The summed E-state index contributed by atoms with van der Waals surface area (Å²) < 4.78 is 58.0. The molecule has 1 fully saturated rings. The number of aryl methyl sites for hydroxylation is 1. The van der Waals surface area contributed by atoms with E-state index in [4.69, 9.17) is 5.26 Å². The second-order valence-electron chi connectivity index (χ2n) is 10.4. The Morgan fingerprint density at radius 2 is 1.88 bits per heavy atom. The predicted molar refractivity (Wildman–Crippen MR) is 143 cm³/mol. The summed E-state index contributed by atoms with van der Waals surface area (Å²) in [5.74, 6) is 0.263. The van der Waals surface area contributed by atoms with Gasteiger partial charge in [-0.1, -0.05) is 32.0 Å². The molecule has 0 saturated heterocycles. The zero-order chi connectivity index (χ0) is 28.4.